The highest BCUT2D eigenvalue weighted by molar-refractivity contribution is 5.96. The standard InChI is InChI=1S/C19H16F2N2O4/c20-14-7-13(8-15(21)10-14)19(25)23-5-3-22(4-6-23)18(24)12-1-2-16-17(9-12)27-11-26-16/h1-2,7-10H,3-6,11H2. The Morgan fingerprint density at radius 3 is 1.93 bits per heavy atom. The summed E-state index contributed by atoms with van der Waals surface area (Å²) in [6, 6.07) is 7.73. The van der Waals surface area contributed by atoms with Crippen LogP contribution in [0.5, 0.6) is 11.5 Å². The molecule has 0 unspecified atom stereocenters. The monoisotopic (exact) mass is 374 g/mol. The second-order valence-corrected chi connectivity index (χ2v) is 6.31. The van der Waals surface area contributed by atoms with E-state index in [9.17, 15) is 18.4 Å². The molecule has 140 valence electrons. The summed E-state index contributed by atoms with van der Waals surface area (Å²) in [5, 5.41) is 0. The summed E-state index contributed by atoms with van der Waals surface area (Å²) in [5.74, 6) is -1.09. The van der Waals surface area contributed by atoms with E-state index in [-0.39, 0.29) is 31.4 Å². The first kappa shape index (κ1) is 17.3. The van der Waals surface area contributed by atoms with Gasteiger partial charge in [-0.1, -0.05) is 0 Å². The Labute approximate surface area is 153 Å². The van der Waals surface area contributed by atoms with Crippen LogP contribution >= 0.6 is 0 Å². The minimum absolute atomic E-state index is 0.0388. The summed E-state index contributed by atoms with van der Waals surface area (Å²) in [7, 11) is 0. The molecule has 2 aliphatic heterocycles. The number of benzene rings is 2. The lowest BCUT2D eigenvalue weighted by Crippen LogP contribution is -2.50. The van der Waals surface area contributed by atoms with Crippen LogP contribution in [0.25, 0.3) is 0 Å². The molecule has 27 heavy (non-hydrogen) atoms. The molecule has 2 aromatic rings. The van der Waals surface area contributed by atoms with Crippen LogP contribution in [0.2, 0.25) is 0 Å². The van der Waals surface area contributed by atoms with Gasteiger partial charge >= 0.3 is 0 Å². The molecule has 0 spiro atoms. The molecule has 2 heterocycles. The van der Waals surface area contributed by atoms with Crippen molar-refractivity contribution in [2.45, 2.75) is 0 Å². The average molecular weight is 374 g/mol. The highest BCUT2D eigenvalue weighted by Crippen LogP contribution is 2.32. The first-order valence-corrected chi connectivity index (χ1v) is 8.45. The van der Waals surface area contributed by atoms with Crippen LogP contribution in [0.1, 0.15) is 20.7 Å². The minimum Gasteiger partial charge on any atom is -0.454 e. The zero-order valence-electron chi connectivity index (χ0n) is 14.3. The van der Waals surface area contributed by atoms with Crippen molar-refractivity contribution >= 4 is 11.8 Å². The third-order valence-corrected chi connectivity index (χ3v) is 4.58. The molecular weight excluding hydrogens is 358 g/mol. The van der Waals surface area contributed by atoms with E-state index in [1.807, 2.05) is 0 Å². The molecule has 1 saturated heterocycles. The Kier molecular flexibility index (Phi) is 4.39. The number of carbonyl (C=O) groups excluding carboxylic acids is 2. The molecule has 0 saturated carbocycles. The zero-order valence-corrected chi connectivity index (χ0v) is 14.3. The van der Waals surface area contributed by atoms with Crippen molar-refractivity contribution < 1.29 is 27.8 Å². The van der Waals surface area contributed by atoms with Crippen molar-refractivity contribution in [3.63, 3.8) is 0 Å². The summed E-state index contributed by atoms with van der Waals surface area (Å²) in [6.45, 7) is 1.36. The van der Waals surface area contributed by atoms with Gasteiger partial charge in [0.25, 0.3) is 11.8 Å². The van der Waals surface area contributed by atoms with Crippen LogP contribution in [-0.4, -0.2) is 54.6 Å². The Morgan fingerprint density at radius 1 is 0.741 bits per heavy atom. The summed E-state index contributed by atoms with van der Waals surface area (Å²) in [5.41, 5.74) is 0.439. The highest BCUT2D eigenvalue weighted by Gasteiger charge is 2.27. The van der Waals surface area contributed by atoms with E-state index in [0.717, 1.165) is 18.2 Å². The SMILES string of the molecule is O=C(c1cc(F)cc(F)c1)N1CCN(C(=O)c2ccc3c(c2)OCO3)CC1. The zero-order chi connectivity index (χ0) is 19.0. The van der Waals surface area contributed by atoms with Crippen LogP contribution < -0.4 is 9.47 Å². The molecule has 2 aliphatic rings. The van der Waals surface area contributed by atoms with E-state index in [1.165, 1.54) is 4.90 Å². The Morgan fingerprint density at radius 2 is 1.30 bits per heavy atom. The number of amides is 2. The molecule has 0 bridgehead atoms. The van der Waals surface area contributed by atoms with Crippen molar-refractivity contribution in [1.29, 1.82) is 0 Å². The maximum Gasteiger partial charge on any atom is 0.254 e. The number of rotatable bonds is 2. The van der Waals surface area contributed by atoms with Crippen LogP contribution in [-0.2, 0) is 0 Å². The lowest BCUT2D eigenvalue weighted by atomic mass is 10.1. The fourth-order valence-electron chi connectivity index (χ4n) is 3.18. The highest BCUT2D eigenvalue weighted by atomic mass is 19.1. The Balaban J connectivity index is 1.41. The first-order valence-electron chi connectivity index (χ1n) is 8.45. The number of hydrogen-bond acceptors (Lipinski definition) is 4. The predicted molar refractivity (Wildman–Crippen MR) is 90.7 cm³/mol. The maximum absolute atomic E-state index is 13.3. The summed E-state index contributed by atoms with van der Waals surface area (Å²) in [4.78, 5) is 28.2. The van der Waals surface area contributed by atoms with Crippen LogP contribution in [0.15, 0.2) is 36.4 Å². The molecule has 4 rings (SSSR count). The van der Waals surface area contributed by atoms with Gasteiger partial charge in [-0.15, -0.1) is 0 Å². The predicted octanol–water partition coefficient (Wildman–Crippen LogP) is 2.29. The van der Waals surface area contributed by atoms with Crippen molar-refractivity contribution in [3.8, 4) is 11.5 Å². The van der Waals surface area contributed by atoms with Gasteiger partial charge in [0.05, 0.1) is 0 Å². The van der Waals surface area contributed by atoms with Gasteiger partial charge in [-0.25, -0.2) is 8.78 Å². The molecule has 1 fully saturated rings. The second-order valence-electron chi connectivity index (χ2n) is 6.31. The normalized spacial score (nSPS) is 15.8. The largest absolute Gasteiger partial charge is 0.454 e. The van der Waals surface area contributed by atoms with E-state index >= 15 is 0 Å². The topological polar surface area (TPSA) is 59.1 Å². The first-order chi connectivity index (χ1) is 13.0. The Hall–Kier alpha value is -3.16. The van der Waals surface area contributed by atoms with Gasteiger partial charge in [0.1, 0.15) is 11.6 Å². The van der Waals surface area contributed by atoms with E-state index in [0.29, 0.717) is 30.2 Å². The number of hydrogen-bond donors (Lipinski definition) is 0. The lowest BCUT2D eigenvalue weighted by molar-refractivity contribution is 0.0535. The molecule has 0 radical (unpaired) electrons. The van der Waals surface area contributed by atoms with Crippen molar-refractivity contribution in [2.24, 2.45) is 0 Å². The van der Waals surface area contributed by atoms with Gasteiger partial charge < -0.3 is 19.3 Å². The van der Waals surface area contributed by atoms with E-state index in [4.69, 9.17) is 9.47 Å². The number of carbonyl (C=O) groups is 2. The molecule has 8 heteroatoms. The molecule has 0 N–H and O–H groups in total. The van der Waals surface area contributed by atoms with Crippen LogP contribution in [0.3, 0.4) is 0 Å². The lowest BCUT2D eigenvalue weighted by Gasteiger charge is -2.35. The van der Waals surface area contributed by atoms with Gasteiger partial charge in [-0.3, -0.25) is 9.59 Å². The fraction of sp³-hybridized carbons (Fsp3) is 0.263. The second kappa shape index (κ2) is 6.86. The molecule has 0 aliphatic carbocycles. The summed E-state index contributed by atoms with van der Waals surface area (Å²) < 4.78 is 37.2. The number of ether oxygens (including phenoxy) is 2. The Bertz CT molecular complexity index is 890. The van der Waals surface area contributed by atoms with Crippen LogP contribution in [0, 0.1) is 11.6 Å². The molecule has 6 nitrogen and oxygen atoms in total. The van der Waals surface area contributed by atoms with E-state index in [1.54, 1.807) is 23.1 Å². The number of nitrogens with zero attached hydrogens (tertiary/aromatic N) is 2. The van der Waals surface area contributed by atoms with E-state index in [2.05, 4.69) is 0 Å². The quantitative estimate of drug-likeness (QED) is 0.809. The molecule has 0 atom stereocenters. The smallest absolute Gasteiger partial charge is 0.254 e. The van der Waals surface area contributed by atoms with E-state index < -0.39 is 17.5 Å². The van der Waals surface area contributed by atoms with Gasteiger partial charge in [-0.2, -0.15) is 0 Å². The summed E-state index contributed by atoms with van der Waals surface area (Å²) in [6.07, 6.45) is 0. The molecule has 2 aromatic carbocycles. The van der Waals surface area contributed by atoms with Gasteiger partial charge in [0, 0.05) is 43.4 Å². The fourth-order valence-corrected chi connectivity index (χ4v) is 3.18. The van der Waals surface area contributed by atoms with Gasteiger partial charge in [-0.05, 0) is 30.3 Å². The third kappa shape index (κ3) is 3.42. The molecule has 0 aromatic heterocycles. The third-order valence-electron chi connectivity index (χ3n) is 4.58. The number of fused-ring (bicyclic) bond motifs is 1. The van der Waals surface area contributed by atoms with Crippen LogP contribution in [0.4, 0.5) is 8.78 Å². The van der Waals surface area contributed by atoms with Crippen molar-refractivity contribution in [1.82, 2.24) is 9.80 Å². The maximum atomic E-state index is 13.3. The molecular formula is C19H16F2N2O4. The summed E-state index contributed by atoms with van der Waals surface area (Å²) >= 11 is 0. The number of halogens is 2. The average Bonchev–Trinajstić information content (AvgIpc) is 3.14. The molecule has 2 amide bonds. The number of piperazine rings is 1. The van der Waals surface area contributed by atoms with Crippen molar-refractivity contribution in [3.05, 3.63) is 59.2 Å². The minimum atomic E-state index is -0.796. The van der Waals surface area contributed by atoms with Crippen molar-refractivity contribution in [2.75, 3.05) is 33.0 Å². The van der Waals surface area contributed by atoms with Gasteiger partial charge in [0.2, 0.25) is 6.79 Å². The van der Waals surface area contributed by atoms with Gasteiger partial charge in [0.15, 0.2) is 11.5 Å².